The molecule has 1 unspecified atom stereocenters. The maximum atomic E-state index is 5.75. The minimum Gasteiger partial charge on any atom is -0.380 e. The van der Waals surface area contributed by atoms with Crippen LogP contribution in [-0.2, 0) is 9.47 Å². The van der Waals surface area contributed by atoms with E-state index >= 15 is 0 Å². The van der Waals surface area contributed by atoms with Crippen molar-refractivity contribution in [2.75, 3.05) is 20.8 Å². The number of nitrogens with one attached hydrogen (secondary N) is 1. The molecule has 16 heavy (non-hydrogen) atoms. The van der Waals surface area contributed by atoms with Gasteiger partial charge in [0.2, 0.25) is 0 Å². The van der Waals surface area contributed by atoms with Gasteiger partial charge in [0.25, 0.3) is 0 Å². The van der Waals surface area contributed by atoms with Gasteiger partial charge < -0.3 is 14.8 Å². The van der Waals surface area contributed by atoms with E-state index in [-0.39, 0.29) is 0 Å². The van der Waals surface area contributed by atoms with Crippen LogP contribution in [0.3, 0.4) is 0 Å². The van der Waals surface area contributed by atoms with Gasteiger partial charge in [-0.3, -0.25) is 0 Å². The van der Waals surface area contributed by atoms with Crippen LogP contribution in [0.1, 0.15) is 38.5 Å². The fourth-order valence-corrected chi connectivity index (χ4v) is 3.31. The molecule has 1 saturated heterocycles. The van der Waals surface area contributed by atoms with Crippen LogP contribution >= 0.6 is 0 Å². The van der Waals surface area contributed by atoms with Crippen molar-refractivity contribution in [3.05, 3.63) is 0 Å². The van der Waals surface area contributed by atoms with Gasteiger partial charge in [0.1, 0.15) is 0 Å². The molecule has 3 nitrogen and oxygen atoms in total. The second-order valence-electron chi connectivity index (χ2n) is 5.21. The zero-order valence-electron chi connectivity index (χ0n) is 10.6. The topological polar surface area (TPSA) is 30.5 Å². The molecule has 94 valence electrons. The summed E-state index contributed by atoms with van der Waals surface area (Å²) in [6, 6.07) is 0.498. The number of hydrogen-bond donors (Lipinski definition) is 1. The van der Waals surface area contributed by atoms with Crippen LogP contribution in [0.4, 0.5) is 0 Å². The molecule has 0 aromatic carbocycles. The third-order valence-electron chi connectivity index (χ3n) is 4.24. The van der Waals surface area contributed by atoms with E-state index in [1.54, 1.807) is 7.11 Å². The van der Waals surface area contributed by atoms with Gasteiger partial charge in [-0.2, -0.15) is 0 Å². The highest BCUT2D eigenvalue weighted by atomic mass is 16.5. The molecule has 1 aliphatic carbocycles. The predicted molar refractivity (Wildman–Crippen MR) is 64.6 cm³/mol. The Kier molecular flexibility index (Phi) is 4.62. The molecule has 0 aromatic heterocycles. The molecule has 0 aromatic rings. The summed E-state index contributed by atoms with van der Waals surface area (Å²) >= 11 is 0. The van der Waals surface area contributed by atoms with Crippen LogP contribution in [0.15, 0.2) is 0 Å². The molecular weight excluding hydrogens is 202 g/mol. The fourth-order valence-electron chi connectivity index (χ4n) is 3.31. The first-order valence-electron chi connectivity index (χ1n) is 6.64. The van der Waals surface area contributed by atoms with Crippen molar-refractivity contribution in [1.29, 1.82) is 0 Å². The standard InChI is InChI=1S/C13H25NO2/c1-15-11-8-12(14-9-11)13(16-2)10-6-4-3-5-7-10/h10-14H,3-9H2,1-2H3/t11-,12-,13?/m0/s1. The van der Waals surface area contributed by atoms with Gasteiger partial charge in [0, 0.05) is 26.8 Å². The monoisotopic (exact) mass is 227 g/mol. The molecule has 0 amide bonds. The molecule has 0 bridgehead atoms. The Morgan fingerprint density at radius 1 is 1.12 bits per heavy atom. The average molecular weight is 227 g/mol. The van der Waals surface area contributed by atoms with E-state index in [1.807, 2.05) is 7.11 Å². The summed E-state index contributed by atoms with van der Waals surface area (Å²) in [4.78, 5) is 0. The highest BCUT2D eigenvalue weighted by molar-refractivity contribution is 4.91. The van der Waals surface area contributed by atoms with Gasteiger partial charge in [0.15, 0.2) is 0 Å². The lowest BCUT2D eigenvalue weighted by Gasteiger charge is -2.33. The van der Waals surface area contributed by atoms with E-state index in [2.05, 4.69) is 5.32 Å². The Morgan fingerprint density at radius 3 is 2.44 bits per heavy atom. The van der Waals surface area contributed by atoms with Gasteiger partial charge in [-0.1, -0.05) is 19.3 Å². The number of methoxy groups -OCH3 is 2. The SMILES string of the molecule is COC(C1CCCCC1)[C@@H]1C[C@H](OC)CN1. The Bertz CT molecular complexity index is 204. The molecule has 1 N–H and O–H groups in total. The number of rotatable bonds is 4. The van der Waals surface area contributed by atoms with Crippen molar-refractivity contribution >= 4 is 0 Å². The molecule has 2 fully saturated rings. The molecule has 3 atom stereocenters. The van der Waals surface area contributed by atoms with Gasteiger partial charge >= 0.3 is 0 Å². The Hall–Kier alpha value is -0.120. The zero-order chi connectivity index (χ0) is 11.4. The van der Waals surface area contributed by atoms with Crippen molar-refractivity contribution in [3.8, 4) is 0 Å². The van der Waals surface area contributed by atoms with Gasteiger partial charge in [-0.25, -0.2) is 0 Å². The lowest BCUT2D eigenvalue weighted by Crippen LogP contribution is -2.42. The summed E-state index contributed by atoms with van der Waals surface area (Å²) in [7, 11) is 3.66. The second kappa shape index (κ2) is 5.99. The molecule has 2 aliphatic rings. The summed E-state index contributed by atoms with van der Waals surface area (Å²) in [6.45, 7) is 0.980. The summed E-state index contributed by atoms with van der Waals surface area (Å²) in [5, 5.41) is 3.56. The first-order valence-corrected chi connectivity index (χ1v) is 6.64. The molecule has 2 rings (SSSR count). The minimum atomic E-state index is 0.381. The predicted octanol–water partition coefficient (Wildman–Crippen LogP) is 1.96. The molecule has 3 heteroatoms. The van der Waals surface area contributed by atoms with E-state index in [0.717, 1.165) is 18.9 Å². The van der Waals surface area contributed by atoms with Crippen LogP contribution < -0.4 is 5.32 Å². The van der Waals surface area contributed by atoms with Crippen molar-refractivity contribution < 1.29 is 9.47 Å². The summed E-state index contributed by atoms with van der Waals surface area (Å²) in [6.07, 6.45) is 8.72. The maximum absolute atomic E-state index is 5.75. The van der Waals surface area contributed by atoms with E-state index in [0.29, 0.717) is 18.2 Å². The maximum Gasteiger partial charge on any atom is 0.0753 e. The van der Waals surface area contributed by atoms with E-state index < -0.39 is 0 Å². The number of ether oxygens (including phenoxy) is 2. The van der Waals surface area contributed by atoms with E-state index in [1.165, 1.54) is 32.1 Å². The first-order chi connectivity index (χ1) is 7.85. The molecular formula is C13H25NO2. The Labute approximate surface area is 98.9 Å². The largest absolute Gasteiger partial charge is 0.380 e. The number of hydrogen-bond acceptors (Lipinski definition) is 3. The molecule has 1 heterocycles. The molecule has 1 saturated carbocycles. The third kappa shape index (κ3) is 2.76. The fraction of sp³-hybridized carbons (Fsp3) is 1.00. The van der Waals surface area contributed by atoms with Crippen molar-refractivity contribution in [3.63, 3.8) is 0 Å². The van der Waals surface area contributed by atoms with Crippen molar-refractivity contribution in [2.24, 2.45) is 5.92 Å². The summed E-state index contributed by atoms with van der Waals surface area (Å²) in [5.41, 5.74) is 0. The van der Waals surface area contributed by atoms with Crippen LogP contribution in [-0.4, -0.2) is 39.0 Å². The normalized spacial score (nSPS) is 34.1. The quantitative estimate of drug-likeness (QED) is 0.796. The van der Waals surface area contributed by atoms with Gasteiger partial charge in [-0.15, -0.1) is 0 Å². The smallest absolute Gasteiger partial charge is 0.0753 e. The minimum absolute atomic E-state index is 0.381. The van der Waals surface area contributed by atoms with Crippen molar-refractivity contribution in [2.45, 2.75) is 56.8 Å². The Morgan fingerprint density at radius 2 is 1.88 bits per heavy atom. The highest BCUT2D eigenvalue weighted by Gasteiger charge is 2.35. The van der Waals surface area contributed by atoms with Crippen molar-refractivity contribution in [1.82, 2.24) is 5.32 Å². The molecule has 1 aliphatic heterocycles. The van der Waals surface area contributed by atoms with Gasteiger partial charge in [0.05, 0.1) is 12.2 Å². The lowest BCUT2D eigenvalue weighted by atomic mass is 9.82. The van der Waals surface area contributed by atoms with Crippen LogP contribution in [0.5, 0.6) is 0 Å². The zero-order valence-corrected chi connectivity index (χ0v) is 10.6. The molecule has 0 spiro atoms. The summed E-state index contributed by atoms with van der Waals surface area (Å²) < 4.78 is 11.2. The molecule has 0 radical (unpaired) electrons. The Balaban J connectivity index is 1.88. The van der Waals surface area contributed by atoms with Crippen LogP contribution in [0.25, 0.3) is 0 Å². The first kappa shape index (κ1) is 12.3. The average Bonchev–Trinajstić information content (AvgIpc) is 2.80. The second-order valence-corrected chi connectivity index (χ2v) is 5.21. The van der Waals surface area contributed by atoms with E-state index in [4.69, 9.17) is 9.47 Å². The van der Waals surface area contributed by atoms with Gasteiger partial charge in [-0.05, 0) is 25.2 Å². The third-order valence-corrected chi connectivity index (χ3v) is 4.24. The lowest BCUT2D eigenvalue weighted by molar-refractivity contribution is 0.00877. The van der Waals surface area contributed by atoms with E-state index in [9.17, 15) is 0 Å². The van der Waals surface area contributed by atoms with Crippen LogP contribution in [0.2, 0.25) is 0 Å². The van der Waals surface area contributed by atoms with Crippen LogP contribution in [0, 0.1) is 5.92 Å². The highest BCUT2D eigenvalue weighted by Crippen LogP contribution is 2.31. The summed E-state index contributed by atoms with van der Waals surface area (Å²) in [5.74, 6) is 0.756.